The summed E-state index contributed by atoms with van der Waals surface area (Å²) in [6.07, 6.45) is -2.13. The van der Waals surface area contributed by atoms with Gasteiger partial charge >= 0.3 is 6.18 Å². The van der Waals surface area contributed by atoms with E-state index < -0.39 is 17.5 Å². The fraction of sp³-hybridized carbons (Fsp3) is 0.600. The monoisotopic (exact) mass is 248 g/mol. The highest BCUT2D eigenvalue weighted by molar-refractivity contribution is 5.34. The molecule has 17 heavy (non-hydrogen) atoms. The highest BCUT2D eigenvalue weighted by Gasteiger charge is 2.46. The fourth-order valence-electron chi connectivity index (χ4n) is 2.16. The normalized spacial score (nSPS) is 31.4. The van der Waals surface area contributed by atoms with E-state index >= 15 is 0 Å². The quantitative estimate of drug-likeness (QED) is 0.615. The van der Waals surface area contributed by atoms with Gasteiger partial charge in [-0.15, -0.1) is 0 Å². The van der Waals surface area contributed by atoms with Gasteiger partial charge in [0.05, 0.1) is 0 Å². The number of rotatable bonds is 1. The molecule has 0 amide bonds. The van der Waals surface area contributed by atoms with Crippen molar-refractivity contribution in [1.29, 1.82) is 0 Å². The Bertz CT molecular complexity index is 382. The summed E-state index contributed by atoms with van der Waals surface area (Å²) in [5, 5.41) is 2.35. The first-order valence-electron chi connectivity index (χ1n) is 5.23. The van der Waals surface area contributed by atoms with Crippen molar-refractivity contribution >= 4 is 0 Å². The second kappa shape index (κ2) is 3.64. The van der Waals surface area contributed by atoms with E-state index in [0.29, 0.717) is 13.1 Å². The number of hydrogen-bond acceptors (Lipinski definition) is 4. The van der Waals surface area contributed by atoms with Crippen LogP contribution in [-0.2, 0) is 0 Å². The maximum atomic E-state index is 12.6. The largest absolute Gasteiger partial charge is 0.431 e. The number of allylic oxidation sites excluding steroid dienone is 2. The van der Waals surface area contributed by atoms with E-state index in [2.05, 4.69) is 5.32 Å². The van der Waals surface area contributed by atoms with Crippen molar-refractivity contribution < 1.29 is 13.2 Å². The van der Waals surface area contributed by atoms with Gasteiger partial charge in [-0.05, 0) is 19.2 Å². The van der Waals surface area contributed by atoms with Crippen molar-refractivity contribution in [2.45, 2.75) is 11.8 Å². The number of hydrogen-bond donors (Lipinski definition) is 3. The Morgan fingerprint density at radius 2 is 2.06 bits per heavy atom. The summed E-state index contributed by atoms with van der Waals surface area (Å²) in [7, 11) is 1.89. The number of alkyl halides is 3. The van der Waals surface area contributed by atoms with Crippen molar-refractivity contribution in [1.82, 2.24) is 10.2 Å². The van der Waals surface area contributed by atoms with Gasteiger partial charge in [-0.2, -0.15) is 13.2 Å². The van der Waals surface area contributed by atoms with Crippen LogP contribution in [0.15, 0.2) is 23.5 Å². The number of halogens is 3. The zero-order valence-electron chi connectivity index (χ0n) is 9.38. The molecule has 2 aliphatic rings. The van der Waals surface area contributed by atoms with E-state index in [9.17, 15) is 13.2 Å². The molecule has 0 bridgehead atoms. The Kier molecular flexibility index (Phi) is 2.62. The van der Waals surface area contributed by atoms with Crippen LogP contribution in [0.25, 0.3) is 0 Å². The van der Waals surface area contributed by atoms with Crippen molar-refractivity contribution in [3.05, 3.63) is 23.5 Å². The third-order valence-electron chi connectivity index (χ3n) is 3.11. The van der Waals surface area contributed by atoms with Gasteiger partial charge in [0.25, 0.3) is 0 Å². The molecule has 0 radical (unpaired) electrons. The minimum absolute atomic E-state index is 0.0492. The molecule has 7 heteroatoms. The second-order valence-corrected chi connectivity index (χ2v) is 4.68. The van der Waals surface area contributed by atoms with Gasteiger partial charge in [0, 0.05) is 24.7 Å². The molecule has 0 aromatic rings. The maximum absolute atomic E-state index is 12.6. The van der Waals surface area contributed by atoms with Crippen molar-refractivity contribution in [3.8, 4) is 0 Å². The molecule has 0 aromatic heterocycles. The van der Waals surface area contributed by atoms with Crippen LogP contribution in [0.1, 0.15) is 0 Å². The third kappa shape index (κ3) is 2.25. The minimum atomic E-state index is -4.46. The van der Waals surface area contributed by atoms with Crippen LogP contribution in [-0.4, -0.2) is 36.9 Å². The van der Waals surface area contributed by atoms with Gasteiger partial charge in [-0.1, -0.05) is 0 Å². The third-order valence-corrected chi connectivity index (χ3v) is 3.11. The standard InChI is InChI=1S/C10H15F3N4/c1-17-4-6(5-17)9(15)3-7(14)2-8(16-9)10(11,12)13/h2-3,6,16H,4-5,14-15H2,1H3. The average molecular weight is 248 g/mol. The summed E-state index contributed by atoms with van der Waals surface area (Å²) in [4.78, 5) is 1.98. The Hall–Kier alpha value is -1.21. The first-order chi connectivity index (χ1) is 7.71. The number of nitrogens with zero attached hydrogens (tertiary/aromatic N) is 1. The smallest absolute Gasteiger partial charge is 0.399 e. The Balaban J connectivity index is 2.21. The summed E-state index contributed by atoms with van der Waals surface area (Å²) >= 11 is 0. The number of nitrogens with one attached hydrogen (secondary N) is 1. The summed E-state index contributed by atoms with van der Waals surface area (Å²) in [5.41, 5.74) is 9.43. The van der Waals surface area contributed by atoms with Crippen molar-refractivity contribution in [3.63, 3.8) is 0 Å². The van der Waals surface area contributed by atoms with E-state index in [1.165, 1.54) is 6.08 Å². The van der Waals surface area contributed by atoms with E-state index in [-0.39, 0.29) is 11.6 Å². The maximum Gasteiger partial charge on any atom is 0.431 e. The zero-order chi connectivity index (χ0) is 12.8. The lowest BCUT2D eigenvalue weighted by molar-refractivity contribution is -0.102. The predicted molar refractivity (Wildman–Crippen MR) is 57.4 cm³/mol. The molecule has 2 aliphatic heterocycles. The lowest BCUT2D eigenvalue weighted by Crippen LogP contribution is -2.68. The van der Waals surface area contributed by atoms with E-state index in [1.807, 2.05) is 11.9 Å². The van der Waals surface area contributed by atoms with E-state index in [4.69, 9.17) is 11.5 Å². The summed E-state index contributed by atoms with van der Waals surface area (Å²) in [6.45, 7) is 1.30. The van der Waals surface area contributed by atoms with E-state index in [0.717, 1.165) is 6.08 Å². The molecule has 1 fully saturated rings. The highest BCUT2D eigenvalue weighted by Crippen LogP contribution is 2.33. The molecule has 1 unspecified atom stereocenters. The van der Waals surface area contributed by atoms with Crippen LogP contribution in [0.2, 0.25) is 0 Å². The van der Waals surface area contributed by atoms with Crippen LogP contribution >= 0.6 is 0 Å². The summed E-state index contributed by atoms with van der Waals surface area (Å²) < 4.78 is 37.9. The second-order valence-electron chi connectivity index (χ2n) is 4.68. The molecule has 2 rings (SSSR count). The molecular formula is C10H15F3N4. The van der Waals surface area contributed by atoms with E-state index in [1.54, 1.807) is 0 Å². The average Bonchev–Trinajstić information content (AvgIpc) is 2.10. The molecule has 0 aromatic carbocycles. The molecule has 5 N–H and O–H groups in total. The lowest BCUT2D eigenvalue weighted by Gasteiger charge is -2.48. The van der Waals surface area contributed by atoms with Gasteiger partial charge in [0.15, 0.2) is 0 Å². The van der Waals surface area contributed by atoms with Crippen LogP contribution in [0.5, 0.6) is 0 Å². The topological polar surface area (TPSA) is 67.3 Å². The number of dihydropyridines is 1. The van der Waals surface area contributed by atoms with Gasteiger partial charge in [-0.25, -0.2) is 0 Å². The number of likely N-dealkylation sites (tertiary alicyclic amines) is 1. The van der Waals surface area contributed by atoms with Gasteiger partial charge in [-0.3, -0.25) is 0 Å². The molecule has 4 nitrogen and oxygen atoms in total. The molecule has 96 valence electrons. The molecule has 0 spiro atoms. The minimum Gasteiger partial charge on any atom is -0.399 e. The molecule has 1 saturated heterocycles. The SMILES string of the molecule is CN1CC(C2(N)C=C(N)C=C(C(F)(F)F)N2)C1. The predicted octanol–water partition coefficient (Wildman–Crippen LogP) is 0.0950. The fourth-order valence-corrected chi connectivity index (χ4v) is 2.16. The summed E-state index contributed by atoms with van der Waals surface area (Å²) in [5.74, 6) is -0.0721. The Labute approximate surface area is 97.1 Å². The van der Waals surface area contributed by atoms with Gasteiger partial charge in [0.2, 0.25) is 0 Å². The molecule has 1 atom stereocenters. The lowest BCUT2D eigenvalue weighted by atomic mass is 9.84. The zero-order valence-corrected chi connectivity index (χ0v) is 9.38. The van der Waals surface area contributed by atoms with Crippen LogP contribution in [0.3, 0.4) is 0 Å². The molecule has 0 saturated carbocycles. The van der Waals surface area contributed by atoms with Gasteiger partial charge < -0.3 is 21.7 Å². The first kappa shape index (κ1) is 12.3. The summed E-state index contributed by atoms with van der Waals surface area (Å²) in [6, 6.07) is 0. The Morgan fingerprint density at radius 1 is 1.47 bits per heavy atom. The highest BCUT2D eigenvalue weighted by atomic mass is 19.4. The number of nitrogens with two attached hydrogens (primary N) is 2. The molecular weight excluding hydrogens is 233 g/mol. The van der Waals surface area contributed by atoms with Crippen molar-refractivity contribution in [2.75, 3.05) is 20.1 Å². The van der Waals surface area contributed by atoms with Gasteiger partial charge in [0.1, 0.15) is 11.4 Å². The van der Waals surface area contributed by atoms with Crippen LogP contribution in [0, 0.1) is 5.92 Å². The molecule has 0 aliphatic carbocycles. The van der Waals surface area contributed by atoms with Crippen molar-refractivity contribution in [2.24, 2.45) is 17.4 Å². The van der Waals surface area contributed by atoms with Crippen LogP contribution < -0.4 is 16.8 Å². The van der Waals surface area contributed by atoms with Crippen LogP contribution in [0.4, 0.5) is 13.2 Å². The first-order valence-corrected chi connectivity index (χ1v) is 5.23. The Morgan fingerprint density at radius 3 is 2.53 bits per heavy atom. The molecule has 2 heterocycles.